The summed E-state index contributed by atoms with van der Waals surface area (Å²) in [6.45, 7) is 0. The van der Waals surface area contributed by atoms with Gasteiger partial charge in [-0.05, 0) is 12.2 Å². The van der Waals surface area contributed by atoms with E-state index in [0.717, 1.165) is 6.08 Å². The van der Waals surface area contributed by atoms with Crippen LogP contribution in [-0.4, -0.2) is 5.79 Å². The van der Waals surface area contributed by atoms with Crippen LogP contribution >= 0.6 is 0 Å². The second-order valence-corrected chi connectivity index (χ2v) is 2.08. The SMILES string of the molecule is NC1(F)C=CC=C(F)C1. The third kappa shape index (κ3) is 1.61. The molecule has 9 heavy (non-hydrogen) atoms. The molecule has 0 amide bonds. The topological polar surface area (TPSA) is 26.0 Å². The van der Waals surface area contributed by atoms with Crippen LogP contribution in [0.1, 0.15) is 6.42 Å². The van der Waals surface area contributed by atoms with Crippen molar-refractivity contribution in [3.8, 4) is 0 Å². The van der Waals surface area contributed by atoms with Crippen molar-refractivity contribution in [2.45, 2.75) is 12.2 Å². The highest BCUT2D eigenvalue weighted by Gasteiger charge is 2.23. The zero-order valence-electron chi connectivity index (χ0n) is 4.77. The van der Waals surface area contributed by atoms with Crippen molar-refractivity contribution in [1.29, 1.82) is 0 Å². The molecule has 0 spiro atoms. The van der Waals surface area contributed by atoms with Crippen molar-refractivity contribution < 1.29 is 8.78 Å². The molecule has 0 aromatic carbocycles. The summed E-state index contributed by atoms with van der Waals surface area (Å²) in [5, 5.41) is 0. The van der Waals surface area contributed by atoms with Gasteiger partial charge >= 0.3 is 0 Å². The predicted octanol–water partition coefficient (Wildman–Crippen LogP) is 1.42. The van der Waals surface area contributed by atoms with Crippen LogP contribution < -0.4 is 5.73 Å². The number of alkyl halides is 1. The highest BCUT2D eigenvalue weighted by molar-refractivity contribution is 5.19. The van der Waals surface area contributed by atoms with E-state index in [-0.39, 0.29) is 6.42 Å². The summed E-state index contributed by atoms with van der Waals surface area (Å²) < 4.78 is 24.7. The van der Waals surface area contributed by atoms with E-state index in [1.54, 1.807) is 0 Å². The fraction of sp³-hybridized carbons (Fsp3) is 0.333. The van der Waals surface area contributed by atoms with E-state index in [2.05, 4.69) is 0 Å². The lowest BCUT2D eigenvalue weighted by atomic mass is 10.1. The van der Waals surface area contributed by atoms with Crippen LogP contribution in [0, 0.1) is 0 Å². The minimum absolute atomic E-state index is 0.344. The van der Waals surface area contributed by atoms with Crippen LogP contribution in [0.15, 0.2) is 24.1 Å². The third-order valence-corrected chi connectivity index (χ3v) is 1.09. The lowest BCUT2D eigenvalue weighted by Crippen LogP contribution is -2.32. The molecule has 50 valence electrons. The molecule has 0 aliphatic heterocycles. The van der Waals surface area contributed by atoms with Gasteiger partial charge in [0.2, 0.25) is 0 Å². The van der Waals surface area contributed by atoms with Gasteiger partial charge in [-0.1, -0.05) is 6.08 Å². The molecule has 0 radical (unpaired) electrons. The minimum atomic E-state index is -1.97. The van der Waals surface area contributed by atoms with Gasteiger partial charge < -0.3 is 0 Å². The summed E-state index contributed by atoms with van der Waals surface area (Å²) in [5.74, 6) is -2.48. The molecule has 0 aromatic heterocycles. The molecule has 1 aliphatic rings. The summed E-state index contributed by atoms with van der Waals surface area (Å²) >= 11 is 0. The molecule has 0 saturated heterocycles. The number of hydrogen-bond donors (Lipinski definition) is 1. The van der Waals surface area contributed by atoms with Crippen LogP contribution in [0.3, 0.4) is 0 Å². The number of halogens is 2. The standard InChI is InChI=1S/C6H7F2N/c7-5-2-1-3-6(8,9)4-5/h1-3H,4,9H2. The smallest absolute Gasteiger partial charge is 0.184 e. The van der Waals surface area contributed by atoms with E-state index >= 15 is 0 Å². The number of nitrogens with two attached hydrogens (primary N) is 1. The van der Waals surface area contributed by atoms with Gasteiger partial charge in [-0.3, -0.25) is 5.73 Å². The van der Waals surface area contributed by atoms with Gasteiger partial charge in [0.15, 0.2) is 5.79 Å². The zero-order chi connectivity index (χ0) is 6.91. The first kappa shape index (κ1) is 6.42. The number of hydrogen-bond acceptors (Lipinski definition) is 1. The molecule has 0 saturated carbocycles. The average molecular weight is 131 g/mol. The molecule has 0 fully saturated rings. The molecule has 0 aromatic rings. The van der Waals surface area contributed by atoms with Gasteiger partial charge in [0.05, 0.1) is 6.42 Å². The van der Waals surface area contributed by atoms with Gasteiger partial charge in [-0.2, -0.15) is 0 Å². The molecule has 1 unspecified atom stereocenters. The normalized spacial score (nSPS) is 34.3. The maximum atomic E-state index is 12.5. The van der Waals surface area contributed by atoms with E-state index < -0.39 is 11.6 Å². The maximum Gasteiger partial charge on any atom is 0.184 e. The molecule has 1 nitrogen and oxygen atoms in total. The number of allylic oxidation sites excluding steroid dienone is 2. The molecule has 1 atom stereocenters. The molecule has 1 aliphatic carbocycles. The molecule has 3 heteroatoms. The summed E-state index contributed by atoms with van der Waals surface area (Å²) in [6.07, 6.45) is 3.27. The van der Waals surface area contributed by atoms with Gasteiger partial charge in [0.25, 0.3) is 0 Å². The molecule has 2 N–H and O–H groups in total. The molecule has 1 rings (SSSR count). The van der Waals surface area contributed by atoms with Crippen molar-refractivity contribution in [2.75, 3.05) is 0 Å². The van der Waals surface area contributed by atoms with E-state index in [1.807, 2.05) is 0 Å². The monoisotopic (exact) mass is 131 g/mol. The minimum Gasteiger partial charge on any atom is -0.295 e. The van der Waals surface area contributed by atoms with Crippen LogP contribution in [-0.2, 0) is 0 Å². The summed E-state index contributed by atoms with van der Waals surface area (Å²) in [6, 6.07) is 0. The first-order valence-electron chi connectivity index (χ1n) is 2.62. The second kappa shape index (κ2) is 1.92. The van der Waals surface area contributed by atoms with Gasteiger partial charge in [-0.15, -0.1) is 0 Å². The van der Waals surface area contributed by atoms with Crippen molar-refractivity contribution in [1.82, 2.24) is 0 Å². The van der Waals surface area contributed by atoms with Gasteiger partial charge in [-0.25, -0.2) is 8.78 Å². The highest BCUT2D eigenvalue weighted by Crippen LogP contribution is 2.21. The van der Waals surface area contributed by atoms with E-state index in [0.29, 0.717) is 0 Å². The van der Waals surface area contributed by atoms with Crippen LogP contribution in [0.5, 0.6) is 0 Å². The molecule has 0 bridgehead atoms. The summed E-state index contributed by atoms with van der Waals surface area (Å²) in [7, 11) is 0. The Kier molecular flexibility index (Phi) is 1.37. The van der Waals surface area contributed by atoms with Crippen molar-refractivity contribution in [3.05, 3.63) is 24.1 Å². The predicted molar refractivity (Wildman–Crippen MR) is 31.0 cm³/mol. The van der Waals surface area contributed by atoms with Gasteiger partial charge in [0, 0.05) is 0 Å². The summed E-state index contributed by atoms with van der Waals surface area (Å²) in [4.78, 5) is 0. The van der Waals surface area contributed by atoms with E-state index in [4.69, 9.17) is 5.73 Å². The summed E-state index contributed by atoms with van der Waals surface area (Å²) in [5.41, 5.74) is 4.93. The Balaban J connectivity index is 2.73. The lowest BCUT2D eigenvalue weighted by molar-refractivity contribution is 0.223. The van der Waals surface area contributed by atoms with Crippen LogP contribution in [0.4, 0.5) is 8.78 Å². The average Bonchev–Trinajstić information content (AvgIpc) is 1.60. The van der Waals surface area contributed by atoms with Crippen LogP contribution in [0.2, 0.25) is 0 Å². The molecular formula is C6H7F2N. The first-order chi connectivity index (χ1) is 4.10. The zero-order valence-corrected chi connectivity index (χ0v) is 4.77. The van der Waals surface area contributed by atoms with E-state index in [9.17, 15) is 8.78 Å². The Labute approximate surface area is 51.8 Å². The first-order valence-corrected chi connectivity index (χ1v) is 2.62. The van der Waals surface area contributed by atoms with Crippen LogP contribution in [0.25, 0.3) is 0 Å². The molecule has 0 heterocycles. The quantitative estimate of drug-likeness (QED) is 0.494. The van der Waals surface area contributed by atoms with E-state index in [1.165, 1.54) is 12.2 Å². The van der Waals surface area contributed by atoms with Crippen molar-refractivity contribution in [2.24, 2.45) is 5.73 Å². The maximum absolute atomic E-state index is 12.5. The third-order valence-electron chi connectivity index (χ3n) is 1.09. The fourth-order valence-electron chi connectivity index (χ4n) is 0.689. The Morgan fingerprint density at radius 2 is 2.33 bits per heavy atom. The number of rotatable bonds is 0. The highest BCUT2D eigenvalue weighted by atomic mass is 19.2. The Hall–Kier alpha value is -0.700. The largest absolute Gasteiger partial charge is 0.295 e. The van der Waals surface area contributed by atoms with Crippen molar-refractivity contribution >= 4 is 0 Å². The Bertz CT molecular complexity index is 170. The molecular weight excluding hydrogens is 124 g/mol. The second-order valence-electron chi connectivity index (χ2n) is 2.08. The lowest BCUT2D eigenvalue weighted by Gasteiger charge is -2.16. The van der Waals surface area contributed by atoms with Crippen molar-refractivity contribution in [3.63, 3.8) is 0 Å². The Morgan fingerprint density at radius 1 is 1.67 bits per heavy atom. The Morgan fingerprint density at radius 3 is 2.67 bits per heavy atom. The fourth-order valence-corrected chi connectivity index (χ4v) is 0.689. The van der Waals surface area contributed by atoms with Gasteiger partial charge in [0.1, 0.15) is 5.83 Å².